The van der Waals surface area contributed by atoms with Gasteiger partial charge >= 0.3 is 0 Å². The van der Waals surface area contributed by atoms with Crippen molar-refractivity contribution in [2.45, 2.75) is 72.3 Å². The Labute approximate surface area is 108 Å². The molecule has 1 nitrogen and oxygen atoms in total. The molecule has 0 spiro atoms. The highest BCUT2D eigenvalue weighted by atomic mass is 15.4. The van der Waals surface area contributed by atoms with Gasteiger partial charge in [-0.05, 0) is 37.5 Å². The van der Waals surface area contributed by atoms with Crippen LogP contribution in [0, 0.1) is 11.3 Å². The lowest BCUT2D eigenvalue weighted by atomic mass is 9.80. The Morgan fingerprint density at radius 2 is 1.71 bits per heavy atom. The van der Waals surface area contributed by atoms with Gasteiger partial charge in [0.1, 0.15) is 0 Å². The molecule has 0 radical (unpaired) electrons. The van der Waals surface area contributed by atoms with E-state index >= 15 is 0 Å². The van der Waals surface area contributed by atoms with E-state index in [1.807, 2.05) is 0 Å². The molecule has 1 aliphatic carbocycles. The molecule has 1 aliphatic heterocycles. The highest BCUT2D eigenvalue weighted by Crippen LogP contribution is 2.42. The first kappa shape index (κ1) is 13.4. The van der Waals surface area contributed by atoms with Crippen LogP contribution in [0.4, 0.5) is 0 Å². The van der Waals surface area contributed by atoms with Crippen molar-refractivity contribution in [2.24, 2.45) is 11.3 Å². The second-order valence-corrected chi connectivity index (χ2v) is 7.60. The van der Waals surface area contributed by atoms with Gasteiger partial charge in [-0.2, -0.15) is 0 Å². The highest BCUT2D eigenvalue weighted by molar-refractivity contribution is 4.82. The van der Waals surface area contributed by atoms with E-state index in [9.17, 15) is 0 Å². The molecule has 2 unspecified atom stereocenters. The number of rotatable bonds is 2. The maximum Gasteiger partial charge on any atom is 0.0895 e. The lowest BCUT2D eigenvalue weighted by Crippen LogP contribution is -2.54. The summed E-state index contributed by atoms with van der Waals surface area (Å²) < 4.78 is 1.45. The van der Waals surface area contributed by atoms with Crippen molar-refractivity contribution in [2.75, 3.05) is 19.6 Å². The molecular formula is C16H32N+. The van der Waals surface area contributed by atoms with E-state index in [1.54, 1.807) is 0 Å². The number of nitrogens with zero attached hydrogens (tertiary/aromatic N) is 1. The average molecular weight is 238 g/mol. The first-order chi connectivity index (χ1) is 7.97. The van der Waals surface area contributed by atoms with Crippen LogP contribution >= 0.6 is 0 Å². The Morgan fingerprint density at radius 3 is 2.29 bits per heavy atom. The van der Waals surface area contributed by atoms with E-state index in [0.717, 1.165) is 12.0 Å². The van der Waals surface area contributed by atoms with Gasteiger partial charge in [-0.15, -0.1) is 0 Å². The normalized spacial score (nSPS) is 36.7. The Bertz CT molecular complexity index is 250. The number of likely N-dealkylation sites (tertiary alicyclic amines) is 1. The molecule has 0 bridgehead atoms. The molecule has 0 aromatic rings. The van der Waals surface area contributed by atoms with Crippen LogP contribution in [-0.4, -0.2) is 30.2 Å². The summed E-state index contributed by atoms with van der Waals surface area (Å²) in [5.41, 5.74) is 0.573. The fourth-order valence-electron chi connectivity index (χ4n) is 4.72. The smallest absolute Gasteiger partial charge is 0.0895 e. The molecule has 1 heterocycles. The molecule has 17 heavy (non-hydrogen) atoms. The van der Waals surface area contributed by atoms with Gasteiger partial charge in [0, 0.05) is 19.3 Å². The van der Waals surface area contributed by atoms with Crippen molar-refractivity contribution < 1.29 is 4.48 Å². The largest absolute Gasteiger partial charge is 0.321 e. The van der Waals surface area contributed by atoms with Gasteiger partial charge in [-0.25, -0.2) is 0 Å². The van der Waals surface area contributed by atoms with Gasteiger partial charge in [0.05, 0.1) is 25.7 Å². The first-order valence-electron chi connectivity index (χ1n) is 7.83. The monoisotopic (exact) mass is 238 g/mol. The average Bonchev–Trinajstić information content (AvgIpc) is 2.68. The molecule has 0 aromatic carbocycles. The predicted octanol–water partition coefficient (Wildman–Crippen LogP) is 4.22. The standard InChI is InChI=1S/C16H32N/c1-5-17(10-6-7-11-17)15-9-8-14(2)12-16(3,4)13-15/h14-15H,5-13H2,1-4H3/q+1. The Balaban J connectivity index is 2.13. The minimum absolute atomic E-state index is 0.573. The van der Waals surface area contributed by atoms with Crippen molar-refractivity contribution in [3.8, 4) is 0 Å². The van der Waals surface area contributed by atoms with Gasteiger partial charge in [0.15, 0.2) is 0 Å². The molecule has 1 saturated heterocycles. The summed E-state index contributed by atoms with van der Waals surface area (Å²) in [6.07, 6.45) is 8.80. The quantitative estimate of drug-likeness (QED) is 0.499. The Morgan fingerprint density at radius 1 is 1.06 bits per heavy atom. The number of quaternary nitrogens is 1. The molecule has 1 saturated carbocycles. The van der Waals surface area contributed by atoms with Crippen molar-refractivity contribution in [1.29, 1.82) is 0 Å². The molecule has 2 rings (SSSR count). The van der Waals surface area contributed by atoms with E-state index < -0.39 is 0 Å². The molecule has 2 aliphatic rings. The predicted molar refractivity (Wildman–Crippen MR) is 75.0 cm³/mol. The van der Waals surface area contributed by atoms with Crippen molar-refractivity contribution in [1.82, 2.24) is 0 Å². The third-order valence-corrected chi connectivity index (χ3v) is 5.54. The summed E-state index contributed by atoms with van der Waals surface area (Å²) in [4.78, 5) is 0. The van der Waals surface area contributed by atoms with E-state index in [1.165, 1.54) is 62.6 Å². The van der Waals surface area contributed by atoms with Crippen molar-refractivity contribution in [3.05, 3.63) is 0 Å². The SMILES string of the molecule is CC[N+]1(C2CCC(C)CC(C)(C)C2)CCCC1. The summed E-state index contributed by atoms with van der Waals surface area (Å²) in [6.45, 7) is 14.2. The van der Waals surface area contributed by atoms with Crippen molar-refractivity contribution in [3.63, 3.8) is 0 Å². The van der Waals surface area contributed by atoms with Crippen LogP contribution in [0.1, 0.15) is 66.2 Å². The fraction of sp³-hybridized carbons (Fsp3) is 1.00. The zero-order chi connectivity index (χ0) is 12.5. The van der Waals surface area contributed by atoms with Gasteiger partial charge in [-0.1, -0.05) is 20.8 Å². The zero-order valence-electron chi connectivity index (χ0n) is 12.5. The summed E-state index contributed by atoms with van der Waals surface area (Å²) >= 11 is 0. The summed E-state index contributed by atoms with van der Waals surface area (Å²) in [7, 11) is 0. The molecule has 0 amide bonds. The minimum Gasteiger partial charge on any atom is -0.321 e. The van der Waals surface area contributed by atoms with Gasteiger partial charge < -0.3 is 4.48 Å². The molecule has 0 N–H and O–H groups in total. The van der Waals surface area contributed by atoms with Crippen LogP contribution in [0.5, 0.6) is 0 Å². The lowest BCUT2D eigenvalue weighted by Gasteiger charge is -2.43. The fourth-order valence-corrected chi connectivity index (χ4v) is 4.72. The Kier molecular flexibility index (Phi) is 3.87. The summed E-state index contributed by atoms with van der Waals surface area (Å²) in [5, 5.41) is 0. The zero-order valence-corrected chi connectivity index (χ0v) is 12.5. The van der Waals surface area contributed by atoms with Crippen LogP contribution in [0.15, 0.2) is 0 Å². The Hall–Kier alpha value is -0.0400. The molecule has 2 fully saturated rings. The van der Waals surface area contributed by atoms with E-state index in [0.29, 0.717) is 5.41 Å². The molecule has 0 aromatic heterocycles. The summed E-state index contributed by atoms with van der Waals surface area (Å²) in [5.74, 6) is 0.939. The van der Waals surface area contributed by atoms with Crippen molar-refractivity contribution >= 4 is 0 Å². The maximum atomic E-state index is 2.50. The molecule has 100 valence electrons. The molecular weight excluding hydrogens is 206 g/mol. The van der Waals surface area contributed by atoms with Crippen LogP contribution in [-0.2, 0) is 0 Å². The summed E-state index contributed by atoms with van der Waals surface area (Å²) in [6, 6.07) is 0.961. The number of hydrogen-bond acceptors (Lipinski definition) is 0. The molecule has 2 atom stereocenters. The lowest BCUT2D eigenvalue weighted by molar-refractivity contribution is -0.940. The van der Waals surface area contributed by atoms with Crippen LogP contribution in [0.3, 0.4) is 0 Å². The third-order valence-electron chi connectivity index (χ3n) is 5.54. The second kappa shape index (κ2) is 4.91. The van der Waals surface area contributed by atoms with Crippen LogP contribution in [0.2, 0.25) is 0 Å². The minimum atomic E-state index is 0.573. The van der Waals surface area contributed by atoms with Gasteiger partial charge in [0.2, 0.25) is 0 Å². The first-order valence-corrected chi connectivity index (χ1v) is 7.83. The molecule has 1 heteroatoms. The van der Waals surface area contributed by atoms with Gasteiger partial charge in [-0.3, -0.25) is 0 Å². The second-order valence-electron chi connectivity index (χ2n) is 7.60. The topological polar surface area (TPSA) is 0 Å². The van der Waals surface area contributed by atoms with E-state index in [-0.39, 0.29) is 0 Å². The van der Waals surface area contributed by atoms with Crippen LogP contribution in [0.25, 0.3) is 0 Å². The maximum absolute atomic E-state index is 2.50. The van der Waals surface area contributed by atoms with Crippen LogP contribution < -0.4 is 0 Å². The number of hydrogen-bond donors (Lipinski definition) is 0. The highest BCUT2D eigenvalue weighted by Gasteiger charge is 2.42. The third kappa shape index (κ3) is 2.86. The van der Waals surface area contributed by atoms with Gasteiger partial charge in [0.25, 0.3) is 0 Å². The van der Waals surface area contributed by atoms with E-state index in [2.05, 4.69) is 27.7 Å². The van der Waals surface area contributed by atoms with E-state index in [4.69, 9.17) is 0 Å².